The fourth-order valence-corrected chi connectivity index (χ4v) is 3.93. The molecular weight excluding hydrogens is 437 g/mol. The van der Waals surface area contributed by atoms with Gasteiger partial charge in [-0.15, -0.1) is 10.2 Å². The Morgan fingerprint density at radius 1 is 0.935 bits per heavy atom. The highest BCUT2D eigenvalue weighted by Gasteiger charge is 2.19. The maximum absolute atomic E-state index is 13.7. The first-order valence-corrected chi connectivity index (χ1v) is 10.9. The number of aromatic nitrogens is 3. The van der Waals surface area contributed by atoms with Crippen molar-refractivity contribution in [3.8, 4) is 28.6 Å². The average Bonchev–Trinajstić information content (AvgIpc) is 3.22. The summed E-state index contributed by atoms with van der Waals surface area (Å²) in [5, 5.41) is 10.1. The molecular formula is C23H19ClFN3O2S. The van der Waals surface area contributed by atoms with Crippen LogP contribution in [0.4, 0.5) is 4.39 Å². The molecule has 31 heavy (non-hydrogen) atoms. The number of ether oxygens (including phenoxy) is 2. The molecule has 5 nitrogen and oxygen atoms in total. The van der Waals surface area contributed by atoms with Crippen molar-refractivity contribution in [2.24, 2.45) is 0 Å². The molecule has 0 unspecified atom stereocenters. The first-order valence-electron chi connectivity index (χ1n) is 9.52. The highest BCUT2D eigenvalue weighted by atomic mass is 35.5. The molecule has 3 aromatic carbocycles. The molecule has 158 valence electrons. The van der Waals surface area contributed by atoms with Gasteiger partial charge >= 0.3 is 0 Å². The van der Waals surface area contributed by atoms with Gasteiger partial charge in [0.2, 0.25) is 0 Å². The Labute approximate surface area is 188 Å². The Morgan fingerprint density at radius 2 is 1.65 bits per heavy atom. The van der Waals surface area contributed by atoms with Gasteiger partial charge in [0.25, 0.3) is 0 Å². The van der Waals surface area contributed by atoms with Gasteiger partial charge in [-0.05, 0) is 48.5 Å². The van der Waals surface area contributed by atoms with Gasteiger partial charge in [-0.25, -0.2) is 4.39 Å². The Morgan fingerprint density at radius 3 is 2.39 bits per heavy atom. The molecule has 0 saturated heterocycles. The zero-order valence-electron chi connectivity index (χ0n) is 16.7. The number of hydrogen-bond donors (Lipinski definition) is 0. The third-order valence-corrected chi connectivity index (χ3v) is 5.62. The van der Waals surface area contributed by atoms with Crippen LogP contribution in [0.25, 0.3) is 17.1 Å². The Balaban J connectivity index is 1.61. The molecule has 0 spiro atoms. The van der Waals surface area contributed by atoms with Crippen LogP contribution in [0.5, 0.6) is 11.5 Å². The van der Waals surface area contributed by atoms with E-state index in [1.807, 2.05) is 53.1 Å². The molecule has 0 aliphatic rings. The van der Waals surface area contributed by atoms with Crippen LogP contribution in [-0.2, 0) is 0 Å². The van der Waals surface area contributed by atoms with E-state index in [9.17, 15) is 4.39 Å². The van der Waals surface area contributed by atoms with Crippen molar-refractivity contribution >= 4 is 23.4 Å². The number of hydrogen-bond acceptors (Lipinski definition) is 5. The van der Waals surface area contributed by atoms with Crippen LogP contribution in [-0.4, -0.2) is 34.2 Å². The second-order valence-corrected chi connectivity index (χ2v) is 7.94. The van der Waals surface area contributed by atoms with Gasteiger partial charge in [0.15, 0.2) is 22.5 Å². The number of halogens is 2. The van der Waals surface area contributed by atoms with E-state index in [2.05, 4.69) is 10.2 Å². The molecule has 0 amide bonds. The van der Waals surface area contributed by atoms with Gasteiger partial charge in [0, 0.05) is 16.5 Å². The third-order valence-electron chi connectivity index (χ3n) is 4.47. The number of thioether (sulfide) groups is 1. The zero-order chi connectivity index (χ0) is 21.6. The molecule has 0 bridgehead atoms. The predicted molar refractivity (Wildman–Crippen MR) is 121 cm³/mol. The standard InChI is InChI=1S/C23H19ClFN3O2S/c1-29-20-8-4-2-6-18(20)22-26-27-23(28(22)17-12-10-16(24)11-13-17)31-15-14-30-21-9-5-3-7-19(21)25/h2-13H,14-15H2,1H3. The molecule has 0 aliphatic carbocycles. The van der Waals surface area contributed by atoms with Crippen LogP contribution in [0.2, 0.25) is 5.02 Å². The zero-order valence-corrected chi connectivity index (χ0v) is 18.2. The molecule has 4 aromatic rings. The van der Waals surface area contributed by atoms with Crippen molar-refractivity contribution in [2.45, 2.75) is 5.16 Å². The molecule has 1 aromatic heterocycles. The summed E-state index contributed by atoms with van der Waals surface area (Å²) in [5.74, 6) is 1.76. The summed E-state index contributed by atoms with van der Waals surface area (Å²) in [7, 11) is 1.62. The molecule has 4 rings (SSSR count). The topological polar surface area (TPSA) is 49.2 Å². The number of methoxy groups -OCH3 is 1. The van der Waals surface area contributed by atoms with E-state index in [0.29, 0.717) is 34.1 Å². The van der Waals surface area contributed by atoms with Crippen LogP contribution >= 0.6 is 23.4 Å². The van der Waals surface area contributed by atoms with Gasteiger partial charge in [0.1, 0.15) is 5.75 Å². The van der Waals surface area contributed by atoms with Crippen LogP contribution in [0.3, 0.4) is 0 Å². The summed E-state index contributed by atoms with van der Waals surface area (Å²) in [5.41, 5.74) is 1.69. The number of nitrogens with zero attached hydrogens (tertiary/aromatic N) is 3. The first-order chi connectivity index (χ1) is 15.2. The molecule has 0 atom stereocenters. The molecule has 0 fully saturated rings. The minimum absolute atomic E-state index is 0.233. The third kappa shape index (κ3) is 4.84. The van der Waals surface area contributed by atoms with Crippen molar-refractivity contribution in [3.63, 3.8) is 0 Å². The van der Waals surface area contributed by atoms with Gasteiger partial charge in [-0.3, -0.25) is 4.57 Å². The predicted octanol–water partition coefficient (Wildman–Crippen LogP) is 5.91. The second-order valence-electron chi connectivity index (χ2n) is 6.45. The first kappa shape index (κ1) is 21.2. The molecule has 1 heterocycles. The van der Waals surface area contributed by atoms with Gasteiger partial charge < -0.3 is 9.47 Å². The van der Waals surface area contributed by atoms with Crippen LogP contribution in [0, 0.1) is 5.82 Å². The van der Waals surface area contributed by atoms with Crippen molar-refractivity contribution in [2.75, 3.05) is 19.5 Å². The minimum atomic E-state index is -0.379. The number of rotatable bonds is 8. The monoisotopic (exact) mass is 455 g/mol. The van der Waals surface area contributed by atoms with Gasteiger partial charge in [-0.2, -0.15) is 0 Å². The van der Waals surface area contributed by atoms with E-state index in [1.165, 1.54) is 17.8 Å². The Bertz CT molecular complexity index is 1170. The quantitative estimate of drug-likeness (QED) is 0.244. The van der Waals surface area contributed by atoms with E-state index in [-0.39, 0.29) is 11.6 Å². The van der Waals surface area contributed by atoms with Crippen LogP contribution < -0.4 is 9.47 Å². The fraction of sp³-hybridized carbons (Fsp3) is 0.130. The lowest BCUT2D eigenvalue weighted by Gasteiger charge is -2.13. The SMILES string of the molecule is COc1ccccc1-c1nnc(SCCOc2ccccc2F)n1-c1ccc(Cl)cc1. The second kappa shape index (κ2) is 9.85. The normalized spacial score (nSPS) is 10.8. The van der Waals surface area contributed by atoms with Crippen LogP contribution in [0.1, 0.15) is 0 Å². The Hall–Kier alpha value is -3.03. The molecule has 8 heteroatoms. The summed E-state index contributed by atoms with van der Waals surface area (Å²) < 4.78 is 26.8. The molecule has 0 N–H and O–H groups in total. The molecule has 0 saturated carbocycles. The fourth-order valence-electron chi connectivity index (χ4n) is 3.04. The lowest BCUT2D eigenvalue weighted by Crippen LogP contribution is -2.04. The van der Waals surface area contributed by atoms with E-state index in [0.717, 1.165) is 11.3 Å². The van der Waals surface area contributed by atoms with Gasteiger partial charge in [0.05, 0.1) is 19.3 Å². The van der Waals surface area contributed by atoms with E-state index in [4.69, 9.17) is 21.1 Å². The summed E-state index contributed by atoms with van der Waals surface area (Å²) in [6.07, 6.45) is 0. The number of benzene rings is 3. The van der Waals surface area contributed by atoms with E-state index >= 15 is 0 Å². The smallest absolute Gasteiger partial charge is 0.196 e. The van der Waals surface area contributed by atoms with E-state index in [1.54, 1.807) is 25.3 Å². The van der Waals surface area contributed by atoms with Crippen molar-refractivity contribution in [1.29, 1.82) is 0 Å². The highest BCUT2D eigenvalue weighted by Crippen LogP contribution is 2.33. The maximum atomic E-state index is 13.7. The van der Waals surface area contributed by atoms with Crippen LogP contribution in [0.15, 0.2) is 78.0 Å². The van der Waals surface area contributed by atoms with Crippen molar-refractivity contribution < 1.29 is 13.9 Å². The lowest BCUT2D eigenvalue weighted by atomic mass is 10.2. The van der Waals surface area contributed by atoms with Crippen molar-refractivity contribution in [3.05, 3.63) is 83.6 Å². The summed E-state index contributed by atoms with van der Waals surface area (Å²) >= 11 is 7.55. The van der Waals surface area contributed by atoms with E-state index < -0.39 is 0 Å². The summed E-state index contributed by atoms with van der Waals surface area (Å²) in [4.78, 5) is 0. The highest BCUT2D eigenvalue weighted by molar-refractivity contribution is 7.99. The minimum Gasteiger partial charge on any atom is -0.496 e. The summed E-state index contributed by atoms with van der Waals surface area (Å²) in [6.45, 7) is 0.322. The maximum Gasteiger partial charge on any atom is 0.196 e. The Kier molecular flexibility index (Phi) is 6.74. The lowest BCUT2D eigenvalue weighted by molar-refractivity contribution is 0.325. The van der Waals surface area contributed by atoms with Gasteiger partial charge in [-0.1, -0.05) is 47.6 Å². The summed E-state index contributed by atoms with van der Waals surface area (Å²) in [6, 6.07) is 21.4. The molecule has 0 radical (unpaired) electrons. The van der Waals surface area contributed by atoms with Crippen molar-refractivity contribution in [1.82, 2.24) is 14.8 Å². The largest absolute Gasteiger partial charge is 0.496 e. The number of para-hydroxylation sites is 2. The molecule has 0 aliphatic heterocycles. The average molecular weight is 456 g/mol.